The summed E-state index contributed by atoms with van der Waals surface area (Å²) in [6, 6.07) is 15.4. The number of benzene rings is 2. The number of rotatable bonds is 7. The first-order chi connectivity index (χ1) is 18.3. The summed E-state index contributed by atoms with van der Waals surface area (Å²) >= 11 is 0. The molecule has 2 N–H and O–H groups in total. The Bertz CT molecular complexity index is 1430. The van der Waals surface area contributed by atoms with Gasteiger partial charge in [-0.15, -0.1) is 0 Å². The molecule has 7 nitrogen and oxygen atoms in total. The van der Waals surface area contributed by atoms with E-state index in [4.69, 9.17) is 9.26 Å². The van der Waals surface area contributed by atoms with Crippen molar-refractivity contribution < 1.29 is 24.0 Å². The van der Waals surface area contributed by atoms with Gasteiger partial charge in [-0.25, -0.2) is 4.79 Å². The number of carboxylic acid groups (broad SMARTS) is 1. The third-order valence-electron chi connectivity index (χ3n) is 7.41. The molecule has 1 atom stereocenters. The molecule has 1 amide bonds. The zero-order valence-corrected chi connectivity index (χ0v) is 21.3. The van der Waals surface area contributed by atoms with Crippen molar-refractivity contribution in [1.82, 2.24) is 5.16 Å². The van der Waals surface area contributed by atoms with Gasteiger partial charge in [0.1, 0.15) is 17.5 Å². The van der Waals surface area contributed by atoms with E-state index in [1.807, 2.05) is 54.6 Å². The molecule has 194 valence electrons. The van der Waals surface area contributed by atoms with E-state index in [1.165, 1.54) is 0 Å². The van der Waals surface area contributed by atoms with Crippen molar-refractivity contribution in [3.8, 4) is 22.5 Å². The van der Waals surface area contributed by atoms with Gasteiger partial charge in [0, 0.05) is 5.56 Å². The quantitative estimate of drug-likeness (QED) is 0.348. The monoisotopic (exact) mass is 510 g/mol. The van der Waals surface area contributed by atoms with Crippen LogP contribution in [0, 0.1) is 6.92 Å². The molecule has 0 aliphatic heterocycles. The highest BCUT2D eigenvalue weighted by Crippen LogP contribution is 2.48. The van der Waals surface area contributed by atoms with Crippen LogP contribution in [0.25, 0.3) is 22.5 Å². The number of carboxylic acids is 1. The number of allylic oxidation sites excluding steroid dienone is 2. The van der Waals surface area contributed by atoms with Gasteiger partial charge in [-0.3, -0.25) is 10.1 Å². The number of ether oxygens (including phenoxy) is 1. The van der Waals surface area contributed by atoms with Gasteiger partial charge >= 0.3 is 12.1 Å². The second kappa shape index (κ2) is 10.2. The summed E-state index contributed by atoms with van der Waals surface area (Å²) in [7, 11) is 0. The van der Waals surface area contributed by atoms with E-state index in [9.17, 15) is 14.7 Å². The number of carbonyl (C=O) groups is 2. The van der Waals surface area contributed by atoms with Gasteiger partial charge < -0.3 is 14.4 Å². The first-order valence-electron chi connectivity index (χ1n) is 12.7. The van der Waals surface area contributed by atoms with Crippen LogP contribution >= 0.6 is 0 Å². The molecule has 0 bridgehead atoms. The highest BCUT2D eigenvalue weighted by Gasteiger charge is 2.51. The summed E-state index contributed by atoms with van der Waals surface area (Å²) in [4.78, 5) is 24.4. The standard InChI is InChI=1S/C31H30N2O5/c1-4-6-25-19(2)7-5-8-26(25)37-30(36)32-27-20(3)33-38-28(27)23-11-9-21(10-12-23)22-13-15-24(16-14-22)31(17-18-31)29(34)35/h4,6,9-16,26H,1-2,5,7-8,17-18H2,3H3,(H,32,36)(H,34,35). The van der Waals surface area contributed by atoms with Crippen molar-refractivity contribution in [2.24, 2.45) is 0 Å². The van der Waals surface area contributed by atoms with Crippen molar-refractivity contribution in [3.05, 3.63) is 96.2 Å². The summed E-state index contributed by atoms with van der Waals surface area (Å²) < 4.78 is 11.3. The molecule has 38 heavy (non-hydrogen) atoms. The lowest BCUT2D eigenvalue weighted by molar-refractivity contribution is -0.140. The molecule has 7 heteroatoms. The molecular formula is C31H30N2O5. The average molecular weight is 511 g/mol. The summed E-state index contributed by atoms with van der Waals surface area (Å²) in [5.41, 5.74) is 5.68. The fourth-order valence-corrected chi connectivity index (χ4v) is 5.02. The molecule has 0 radical (unpaired) electrons. The maximum Gasteiger partial charge on any atom is 0.412 e. The smallest absolute Gasteiger partial charge is 0.412 e. The van der Waals surface area contributed by atoms with Crippen LogP contribution < -0.4 is 5.32 Å². The Morgan fingerprint density at radius 1 is 1.11 bits per heavy atom. The van der Waals surface area contributed by atoms with E-state index in [-0.39, 0.29) is 6.10 Å². The SMILES string of the molecule is C=CC=C1C(=C)CCCC1OC(=O)Nc1c(C)noc1-c1ccc(-c2ccc(C3(C(=O)O)CC3)cc2)cc1. The molecule has 1 heterocycles. The van der Waals surface area contributed by atoms with Crippen molar-refractivity contribution in [2.45, 2.75) is 50.5 Å². The van der Waals surface area contributed by atoms with Gasteiger partial charge in [0.05, 0.1) is 5.41 Å². The zero-order chi connectivity index (χ0) is 26.9. The van der Waals surface area contributed by atoms with Crippen LogP contribution in [0.2, 0.25) is 0 Å². The molecule has 2 aliphatic carbocycles. The van der Waals surface area contributed by atoms with Crippen LogP contribution in [0.5, 0.6) is 0 Å². The van der Waals surface area contributed by atoms with Crippen LogP contribution in [-0.4, -0.2) is 28.4 Å². The highest BCUT2D eigenvalue weighted by atomic mass is 16.6. The van der Waals surface area contributed by atoms with Gasteiger partial charge in [-0.2, -0.15) is 0 Å². The van der Waals surface area contributed by atoms with Gasteiger partial charge in [0.15, 0.2) is 5.76 Å². The summed E-state index contributed by atoms with van der Waals surface area (Å²) in [5, 5.41) is 16.4. The van der Waals surface area contributed by atoms with Gasteiger partial charge in [0.25, 0.3) is 0 Å². The number of nitrogens with zero attached hydrogens (tertiary/aromatic N) is 1. The van der Waals surface area contributed by atoms with Gasteiger partial charge in [0.2, 0.25) is 0 Å². The minimum absolute atomic E-state index is 0.381. The Morgan fingerprint density at radius 2 is 1.74 bits per heavy atom. The first kappa shape index (κ1) is 25.3. The van der Waals surface area contributed by atoms with Crippen LogP contribution in [0.1, 0.15) is 43.4 Å². The summed E-state index contributed by atoms with van der Waals surface area (Å²) in [6.45, 7) is 9.60. The topological polar surface area (TPSA) is 102 Å². The van der Waals surface area contributed by atoms with Crippen LogP contribution in [0.3, 0.4) is 0 Å². The molecule has 1 aromatic heterocycles. The molecule has 0 spiro atoms. The second-order valence-corrected chi connectivity index (χ2v) is 9.89. The number of carbonyl (C=O) groups excluding carboxylic acids is 1. The number of hydrogen-bond donors (Lipinski definition) is 2. The summed E-state index contributed by atoms with van der Waals surface area (Å²) in [5.74, 6) is -0.323. The lowest BCUT2D eigenvalue weighted by Gasteiger charge is -2.27. The molecule has 2 aliphatic rings. The minimum Gasteiger partial charge on any atom is -0.481 e. The third-order valence-corrected chi connectivity index (χ3v) is 7.41. The number of aliphatic carboxylic acids is 1. The van der Waals surface area contributed by atoms with E-state index in [0.717, 1.165) is 52.7 Å². The van der Waals surface area contributed by atoms with E-state index in [2.05, 4.69) is 23.6 Å². The molecule has 2 saturated carbocycles. The van der Waals surface area contributed by atoms with Crippen LogP contribution in [-0.2, 0) is 14.9 Å². The van der Waals surface area contributed by atoms with Crippen molar-refractivity contribution in [2.75, 3.05) is 5.32 Å². The molecule has 1 unspecified atom stereocenters. The number of amides is 1. The van der Waals surface area contributed by atoms with Crippen molar-refractivity contribution in [3.63, 3.8) is 0 Å². The first-order valence-corrected chi connectivity index (χ1v) is 12.7. The number of nitrogens with one attached hydrogen (secondary N) is 1. The van der Waals surface area contributed by atoms with Crippen molar-refractivity contribution >= 4 is 17.7 Å². The number of aryl methyl sites for hydroxylation is 1. The molecule has 3 aromatic rings. The van der Waals surface area contributed by atoms with Gasteiger partial charge in [-0.1, -0.05) is 79.0 Å². The predicted octanol–water partition coefficient (Wildman–Crippen LogP) is 7.20. The van der Waals surface area contributed by atoms with Crippen LogP contribution in [0.4, 0.5) is 10.5 Å². The van der Waals surface area contributed by atoms with Gasteiger partial charge in [-0.05, 0) is 66.9 Å². The lowest BCUT2D eigenvalue weighted by atomic mass is 9.88. The van der Waals surface area contributed by atoms with E-state index in [0.29, 0.717) is 30.0 Å². The Morgan fingerprint density at radius 3 is 2.34 bits per heavy atom. The largest absolute Gasteiger partial charge is 0.481 e. The highest BCUT2D eigenvalue weighted by molar-refractivity contribution is 5.91. The molecule has 2 fully saturated rings. The zero-order valence-electron chi connectivity index (χ0n) is 21.3. The number of anilines is 1. The maximum atomic E-state index is 12.8. The molecule has 5 rings (SSSR count). The molecule has 0 saturated heterocycles. The van der Waals surface area contributed by atoms with Crippen LogP contribution in [0.15, 0.2) is 89.5 Å². The Labute approximate surface area is 221 Å². The molecular weight excluding hydrogens is 480 g/mol. The number of hydrogen-bond acceptors (Lipinski definition) is 5. The minimum atomic E-state index is -0.761. The third kappa shape index (κ3) is 4.79. The second-order valence-electron chi connectivity index (χ2n) is 9.89. The molecule has 2 aromatic carbocycles. The average Bonchev–Trinajstić information content (AvgIpc) is 3.66. The summed E-state index contributed by atoms with van der Waals surface area (Å²) in [6.07, 6.45) is 6.42. The lowest BCUT2D eigenvalue weighted by Crippen LogP contribution is -2.27. The van der Waals surface area contributed by atoms with E-state index in [1.54, 1.807) is 13.0 Å². The normalized spacial score (nSPS) is 19.1. The van der Waals surface area contributed by atoms with E-state index >= 15 is 0 Å². The van der Waals surface area contributed by atoms with E-state index < -0.39 is 17.5 Å². The Kier molecular flexibility index (Phi) is 6.76. The Balaban J connectivity index is 1.30. The van der Waals surface area contributed by atoms with Crippen molar-refractivity contribution in [1.29, 1.82) is 0 Å². The maximum absolute atomic E-state index is 12.8. The number of aromatic nitrogens is 1. The fourth-order valence-electron chi connectivity index (χ4n) is 5.02. The Hall–Kier alpha value is -4.39. The fraction of sp³-hybridized carbons (Fsp3) is 0.258. The predicted molar refractivity (Wildman–Crippen MR) is 146 cm³/mol.